The molecule has 6 nitrogen and oxygen atoms in total. The first-order chi connectivity index (χ1) is 19.0. The van der Waals surface area contributed by atoms with E-state index in [1.165, 1.54) is 38.5 Å². The first-order valence-corrected chi connectivity index (χ1v) is 15.0. The minimum Gasteiger partial charge on any atom is -0.365 e. The van der Waals surface area contributed by atoms with Crippen LogP contribution in [0.15, 0.2) is 54.6 Å². The zero-order valence-corrected chi connectivity index (χ0v) is 23.2. The average molecular weight is 531 g/mol. The second-order valence-corrected chi connectivity index (χ2v) is 11.6. The number of carbonyl (C=O) groups excluding carboxylic acids is 3. The zero-order valence-electron chi connectivity index (χ0n) is 23.2. The van der Waals surface area contributed by atoms with Crippen molar-refractivity contribution in [3.8, 4) is 0 Å². The Morgan fingerprint density at radius 2 is 1.41 bits per heavy atom. The number of amides is 1. The van der Waals surface area contributed by atoms with Gasteiger partial charge in [-0.2, -0.15) is 0 Å². The smallest absolute Gasteiger partial charge is 0.348 e. The summed E-state index contributed by atoms with van der Waals surface area (Å²) in [6.07, 6.45) is 12.7. The number of carbonyl (C=O) groups is 3. The van der Waals surface area contributed by atoms with Crippen molar-refractivity contribution in [1.29, 1.82) is 0 Å². The highest BCUT2D eigenvalue weighted by Crippen LogP contribution is 2.35. The molecular weight excluding hydrogens is 488 g/mol. The molecule has 2 aromatic rings. The molecule has 0 saturated heterocycles. The van der Waals surface area contributed by atoms with Crippen molar-refractivity contribution in [2.45, 2.75) is 109 Å². The van der Waals surface area contributed by atoms with Crippen molar-refractivity contribution in [1.82, 2.24) is 5.06 Å². The third-order valence-corrected chi connectivity index (χ3v) is 8.83. The number of hydrogen-bond donors (Lipinski definition) is 0. The Bertz CT molecular complexity index is 1120. The van der Waals surface area contributed by atoms with Crippen LogP contribution in [0.5, 0.6) is 0 Å². The van der Waals surface area contributed by atoms with E-state index in [9.17, 15) is 14.4 Å². The summed E-state index contributed by atoms with van der Waals surface area (Å²) < 4.78 is 0. The van der Waals surface area contributed by atoms with Gasteiger partial charge in [-0.15, -0.1) is 5.06 Å². The van der Waals surface area contributed by atoms with Gasteiger partial charge in [0, 0.05) is 35.7 Å². The summed E-state index contributed by atoms with van der Waals surface area (Å²) in [6.45, 7) is 1.79. The lowest BCUT2D eigenvalue weighted by molar-refractivity contribution is -0.224. The van der Waals surface area contributed by atoms with E-state index >= 15 is 0 Å². The van der Waals surface area contributed by atoms with Crippen LogP contribution in [0, 0.1) is 5.92 Å². The van der Waals surface area contributed by atoms with Crippen molar-refractivity contribution < 1.29 is 19.2 Å². The lowest BCUT2D eigenvalue weighted by Crippen LogP contribution is -2.54. The monoisotopic (exact) mass is 530 g/mol. The molecule has 2 saturated carbocycles. The molecule has 0 aromatic heterocycles. The third kappa shape index (κ3) is 6.43. The average Bonchev–Trinajstić information content (AvgIpc) is 3.00. The second kappa shape index (κ2) is 12.9. The number of nitrogens with zero attached hydrogens (tertiary/aromatic N) is 2. The Morgan fingerprint density at radius 1 is 0.821 bits per heavy atom. The van der Waals surface area contributed by atoms with Crippen LogP contribution in [0.1, 0.15) is 99.9 Å². The first kappa shape index (κ1) is 27.6. The van der Waals surface area contributed by atoms with Crippen LogP contribution in [0.25, 0.3) is 0 Å². The summed E-state index contributed by atoms with van der Waals surface area (Å²) in [5.74, 6) is -1.17. The molecule has 0 radical (unpaired) electrons. The van der Waals surface area contributed by atoms with Gasteiger partial charge in [-0.05, 0) is 50.2 Å². The van der Waals surface area contributed by atoms with E-state index < -0.39 is 12.0 Å². The Balaban J connectivity index is 1.37. The third-order valence-electron chi connectivity index (χ3n) is 8.83. The summed E-state index contributed by atoms with van der Waals surface area (Å²) in [6, 6.07) is 16.7. The van der Waals surface area contributed by atoms with Crippen LogP contribution in [-0.4, -0.2) is 40.8 Å². The number of anilines is 1. The quantitative estimate of drug-likeness (QED) is 0.282. The molecule has 2 aliphatic carbocycles. The van der Waals surface area contributed by atoms with E-state index in [1.807, 2.05) is 47.5 Å². The summed E-state index contributed by atoms with van der Waals surface area (Å²) in [5.41, 5.74) is 2.41. The molecule has 2 aromatic carbocycles. The molecule has 39 heavy (non-hydrogen) atoms. The van der Waals surface area contributed by atoms with Gasteiger partial charge in [0.15, 0.2) is 5.78 Å². The van der Waals surface area contributed by atoms with Crippen LogP contribution < -0.4 is 4.90 Å². The Morgan fingerprint density at radius 3 is 2.05 bits per heavy atom. The number of para-hydroxylation sites is 1. The largest absolute Gasteiger partial charge is 0.365 e. The van der Waals surface area contributed by atoms with E-state index in [2.05, 4.69) is 0 Å². The molecule has 0 N–H and O–H groups in total. The van der Waals surface area contributed by atoms with Gasteiger partial charge in [-0.3, -0.25) is 14.5 Å². The number of Topliss-reactive ketones (excluding diaryl/α,β-unsaturated/α-hetero) is 1. The van der Waals surface area contributed by atoms with Gasteiger partial charge in [-0.1, -0.05) is 94.0 Å². The van der Waals surface area contributed by atoms with Crippen LogP contribution in [-0.2, 0) is 20.8 Å². The molecule has 6 heteroatoms. The van der Waals surface area contributed by atoms with Crippen LogP contribution >= 0.6 is 0 Å². The normalized spacial score (nSPS) is 21.3. The Labute approximate surface area is 232 Å². The maximum absolute atomic E-state index is 14.0. The molecule has 1 aliphatic heterocycles. The molecule has 208 valence electrons. The van der Waals surface area contributed by atoms with Crippen molar-refractivity contribution in [3.05, 3.63) is 65.7 Å². The molecule has 0 spiro atoms. The SMILES string of the molecule is CC(CC(=O)c1ccccc1)C(=O)N1c2ccccc2CCC1C(=O)ON(C1CCCCC1)C1CCCCC1. The predicted octanol–water partition coefficient (Wildman–Crippen LogP) is 6.67. The van der Waals surface area contributed by atoms with E-state index in [4.69, 9.17) is 4.84 Å². The molecule has 1 heterocycles. The van der Waals surface area contributed by atoms with Gasteiger partial charge in [0.1, 0.15) is 6.04 Å². The maximum Gasteiger partial charge on any atom is 0.348 e. The lowest BCUT2D eigenvalue weighted by Gasteiger charge is -2.42. The van der Waals surface area contributed by atoms with Crippen LogP contribution in [0.2, 0.25) is 0 Å². The summed E-state index contributed by atoms with van der Waals surface area (Å²) in [4.78, 5) is 48.8. The standard InChI is InChI=1S/C33H42N2O4/c1-24(23-31(36)26-14-5-2-6-15-26)32(37)34-29-20-12-11-13-25(29)21-22-30(34)33(38)39-35(27-16-7-3-8-17-27)28-18-9-4-10-19-28/h2,5-6,11-15,20,24,27-28,30H,3-4,7-10,16-19,21-23H2,1H3. The molecule has 0 bridgehead atoms. The number of ketones is 1. The topological polar surface area (TPSA) is 66.9 Å². The van der Waals surface area contributed by atoms with Crippen molar-refractivity contribution in [3.63, 3.8) is 0 Å². The first-order valence-electron chi connectivity index (χ1n) is 15.0. The second-order valence-electron chi connectivity index (χ2n) is 11.6. The molecule has 5 rings (SSSR count). The minimum absolute atomic E-state index is 0.0679. The van der Waals surface area contributed by atoms with Crippen molar-refractivity contribution in [2.24, 2.45) is 5.92 Å². The number of fused-ring (bicyclic) bond motifs is 1. The number of rotatable bonds is 8. The highest BCUT2D eigenvalue weighted by Gasteiger charge is 2.41. The fourth-order valence-electron chi connectivity index (χ4n) is 6.67. The highest BCUT2D eigenvalue weighted by molar-refractivity contribution is 6.05. The van der Waals surface area contributed by atoms with Gasteiger partial charge in [0.2, 0.25) is 5.91 Å². The van der Waals surface area contributed by atoms with Gasteiger partial charge in [0.25, 0.3) is 0 Å². The summed E-state index contributed by atoms with van der Waals surface area (Å²) in [5, 5.41) is 2.05. The van der Waals surface area contributed by atoms with E-state index in [1.54, 1.807) is 24.0 Å². The Hall–Kier alpha value is -2.99. The lowest BCUT2D eigenvalue weighted by atomic mass is 9.90. The van der Waals surface area contributed by atoms with E-state index in [0.29, 0.717) is 18.4 Å². The van der Waals surface area contributed by atoms with E-state index in [0.717, 1.165) is 36.9 Å². The predicted molar refractivity (Wildman–Crippen MR) is 152 cm³/mol. The van der Waals surface area contributed by atoms with Gasteiger partial charge >= 0.3 is 5.97 Å². The number of benzene rings is 2. The minimum atomic E-state index is -0.698. The molecular formula is C33H42N2O4. The van der Waals surface area contributed by atoms with Crippen LogP contribution in [0.4, 0.5) is 5.69 Å². The maximum atomic E-state index is 14.0. The number of aryl methyl sites for hydroxylation is 1. The van der Waals surface area contributed by atoms with Crippen molar-refractivity contribution >= 4 is 23.3 Å². The molecule has 2 unspecified atom stereocenters. The van der Waals surface area contributed by atoms with Crippen molar-refractivity contribution in [2.75, 3.05) is 4.90 Å². The highest BCUT2D eigenvalue weighted by atomic mass is 16.7. The fourth-order valence-corrected chi connectivity index (χ4v) is 6.67. The Kier molecular flexibility index (Phi) is 9.13. The van der Waals surface area contributed by atoms with Crippen LogP contribution in [0.3, 0.4) is 0 Å². The summed E-state index contributed by atoms with van der Waals surface area (Å²) >= 11 is 0. The zero-order chi connectivity index (χ0) is 27.2. The molecule has 1 amide bonds. The number of hydroxylamine groups is 2. The number of hydrogen-bond acceptors (Lipinski definition) is 5. The molecule has 2 atom stereocenters. The van der Waals surface area contributed by atoms with Gasteiger partial charge in [-0.25, -0.2) is 4.79 Å². The van der Waals surface area contributed by atoms with Gasteiger partial charge < -0.3 is 4.84 Å². The molecule has 2 fully saturated rings. The van der Waals surface area contributed by atoms with Gasteiger partial charge in [0.05, 0.1) is 0 Å². The fraction of sp³-hybridized carbons (Fsp3) is 0.545. The van der Waals surface area contributed by atoms with E-state index in [-0.39, 0.29) is 36.2 Å². The molecule has 3 aliphatic rings. The summed E-state index contributed by atoms with van der Waals surface area (Å²) in [7, 11) is 0.